The summed E-state index contributed by atoms with van der Waals surface area (Å²) in [6.07, 6.45) is 3.52. The third kappa shape index (κ3) is 3.56. The smallest absolute Gasteiger partial charge is 0.128 e. The highest BCUT2D eigenvalue weighted by molar-refractivity contribution is 6.32. The van der Waals surface area contributed by atoms with E-state index in [1.54, 1.807) is 6.20 Å². The van der Waals surface area contributed by atoms with Crippen LogP contribution < -0.4 is 4.90 Å². The zero-order chi connectivity index (χ0) is 17.2. The SMILES string of the molecule is Clc1ccc(N2CCN(Cc3c(Cl)ccc4cccnc34)CC2)nc1. The van der Waals surface area contributed by atoms with E-state index in [1.165, 1.54) is 0 Å². The molecule has 25 heavy (non-hydrogen) atoms. The average molecular weight is 373 g/mol. The number of anilines is 1. The lowest BCUT2D eigenvalue weighted by molar-refractivity contribution is 0.250. The van der Waals surface area contributed by atoms with Gasteiger partial charge in [0, 0.05) is 61.1 Å². The molecule has 4 rings (SSSR count). The first kappa shape index (κ1) is 16.6. The van der Waals surface area contributed by atoms with Crippen LogP contribution in [0.5, 0.6) is 0 Å². The Morgan fingerprint density at radius 1 is 0.920 bits per heavy atom. The fourth-order valence-electron chi connectivity index (χ4n) is 3.25. The van der Waals surface area contributed by atoms with E-state index in [9.17, 15) is 0 Å². The minimum Gasteiger partial charge on any atom is -0.354 e. The van der Waals surface area contributed by atoms with E-state index in [4.69, 9.17) is 23.2 Å². The predicted molar refractivity (Wildman–Crippen MR) is 103 cm³/mol. The molecule has 1 saturated heterocycles. The number of rotatable bonds is 3. The molecule has 6 heteroatoms. The summed E-state index contributed by atoms with van der Waals surface area (Å²) in [5.41, 5.74) is 2.11. The fourth-order valence-corrected chi connectivity index (χ4v) is 3.57. The molecule has 1 aromatic carbocycles. The second kappa shape index (κ2) is 7.16. The number of benzene rings is 1. The van der Waals surface area contributed by atoms with Crippen molar-refractivity contribution < 1.29 is 0 Å². The molecule has 1 fully saturated rings. The van der Waals surface area contributed by atoms with E-state index in [1.807, 2.05) is 36.5 Å². The third-order valence-corrected chi connectivity index (χ3v) is 5.19. The van der Waals surface area contributed by atoms with E-state index in [-0.39, 0.29) is 0 Å². The largest absolute Gasteiger partial charge is 0.354 e. The molecule has 0 amide bonds. The van der Waals surface area contributed by atoms with Crippen molar-refractivity contribution in [3.05, 3.63) is 64.4 Å². The van der Waals surface area contributed by atoms with Crippen molar-refractivity contribution >= 4 is 39.9 Å². The van der Waals surface area contributed by atoms with E-state index < -0.39 is 0 Å². The van der Waals surface area contributed by atoms with Gasteiger partial charge in [0.15, 0.2) is 0 Å². The molecule has 0 unspecified atom stereocenters. The number of hydrogen-bond donors (Lipinski definition) is 0. The summed E-state index contributed by atoms with van der Waals surface area (Å²) >= 11 is 12.4. The molecule has 0 radical (unpaired) electrons. The Kier molecular flexibility index (Phi) is 4.75. The van der Waals surface area contributed by atoms with Gasteiger partial charge < -0.3 is 4.90 Å². The molecule has 1 aliphatic rings. The van der Waals surface area contributed by atoms with Crippen LogP contribution >= 0.6 is 23.2 Å². The van der Waals surface area contributed by atoms with Gasteiger partial charge in [0.05, 0.1) is 10.5 Å². The van der Waals surface area contributed by atoms with E-state index in [0.29, 0.717) is 5.02 Å². The second-order valence-electron chi connectivity index (χ2n) is 6.20. The number of pyridine rings is 2. The van der Waals surface area contributed by atoms with Crippen molar-refractivity contribution in [1.82, 2.24) is 14.9 Å². The lowest BCUT2D eigenvalue weighted by atomic mass is 10.1. The molecule has 3 aromatic rings. The van der Waals surface area contributed by atoms with Crippen molar-refractivity contribution in [2.24, 2.45) is 0 Å². The molecule has 0 saturated carbocycles. The molecule has 1 aliphatic heterocycles. The van der Waals surface area contributed by atoms with Crippen LogP contribution in [0.15, 0.2) is 48.8 Å². The maximum atomic E-state index is 6.46. The number of hydrogen-bond acceptors (Lipinski definition) is 4. The number of nitrogens with zero attached hydrogens (tertiary/aromatic N) is 4. The van der Waals surface area contributed by atoms with Crippen molar-refractivity contribution in [2.75, 3.05) is 31.1 Å². The van der Waals surface area contributed by atoms with Crippen LogP contribution in [-0.2, 0) is 6.54 Å². The molecular weight excluding hydrogens is 355 g/mol. The summed E-state index contributed by atoms with van der Waals surface area (Å²) in [6.45, 7) is 4.61. The number of aromatic nitrogens is 2. The van der Waals surface area contributed by atoms with Crippen LogP contribution in [0.1, 0.15) is 5.56 Å². The summed E-state index contributed by atoms with van der Waals surface area (Å²) in [5, 5.41) is 2.58. The lowest BCUT2D eigenvalue weighted by Crippen LogP contribution is -2.46. The predicted octanol–water partition coefficient (Wildman–Crippen LogP) is 4.26. The minimum atomic E-state index is 0.667. The highest BCUT2D eigenvalue weighted by Crippen LogP contribution is 2.26. The highest BCUT2D eigenvalue weighted by atomic mass is 35.5. The molecule has 128 valence electrons. The molecule has 0 aliphatic carbocycles. The van der Waals surface area contributed by atoms with Crippen LogP contribution in [0.4, 0.5) is 5.82 Å². The summed E-state index contributed by atoms with van der Waals surface area (Å²) in [6, 6.07) is 11.9. The minimum absolute atomic E-state index is 0.667. The number of fused-ring (bicyclic) bond motifs is 1. The Labute approximate surface area is 157 Å². The van der Waals surface area contributed by atoms with Crippen LogP contribution in [0, 0.1) is 0 Å². The Balaban J connectivity index is 1.47. The monoisotopic (exact) mass is 372 g/mol. The first-order chi connectivity index (χ1) is 12.2. The maximum absolute atomic E-state index is 6.46. The molecule has 0 spiro atoms. The van der Waals surface area contributed by atoms with Gasteiger partial charge in [0.25, 0.3) is 0 Å². The third-order valence-electron chi connectivity index (χ3n) is 4.61. The Bertz CT molecular complexity index is 874. The van der Waals surface area contributed by atoms with Crippen LogP contribution in [0.3, 0.4) is 0 Å². The topological polar surface area (TPSA) is 32.3 Å². The highest BCUT2D eigenvalue weighted by Gasteiger charge is 2.20. The molecule has 0 atom stereocenters. The zero-order valence-corrected chi connectivity index (χ0v) is 15.2. The van der Waals surface area contributed by atoms with Crippen LogP contribution in [-0.4, -0.2) is 41.0 Å². The standard InChI is InChI=1S/C19H18Cl2N4/c20-15-4-6-18(23-12-15)25-10-8-24(9-11-25)13-16-17(21)5-3-14-2-1-7-22-19(14)16/h1-7,12H,8-11,13H2. The van der Waals surface area contributed by atoms with Gasteiger partial charge in [-0.3, -0.25) is 9.88 Å². The van der Waals surface area contributed by atoms with Crippen molar-refractivity contribution in [3.8, 4) is 0 Å². The van der Waals surface area contributed by atoms with Crippen molar-refractivity contribution in [2.45, 2.75) is 6.54 Å². The molecule has 3 heterocycles. The van der Waals surface area contributed by atoms with Gasteiger partial charge in [-0.25, -0.2) is 4.98 Å². The van der Waals surface area contributed by atoms with Crippen molar-refractivity contribution in [1.29, 1.82) is 0 Å². The molecule has 0 N–H and O–H groups in total. The zero-order valence-electron chi connectivity index (χ0n) is 13.7. The molecule has 0 bridgehead atoms. The fraction of sp³-hybridized carbons (Fsp3) is 0.263. The Morgan fingerprint density at radius 2 is 1.76 bits per heavy atom. The van der Waals surface area contributed by atoms with Crippen LogP contribution in [0.25, 0.3) is 10.9 Å². The van der Waals surface area contributed by atoms with E-state index in [0.717, 1.165) is 60.0 Å². The maximum Gasteiger partial charge on any atom is 0.128 e. The normalized spacial score (nSPS) is 15.7. The lowest BCUT2D eigenvalue weighted by Gasteiger charge is -2.35. The van der Waals surface area contributed by atoms with Gasteiger partial charge in [0.1, 0.15) is 5.82 Å². The second-order valence-corrected chi connectivity index (χ2v) is 7.04. The summed E-state index contributed by atoms with van der Waals surface area (Å²) in [7, 11) is 0. The van der Waals surface area contributed by atoms with Gasteiger partial charge in [-0.15, -0.1) is 0 Å². The summed E-state index contributed by atoms with van der Waals surface area (Å²) in [4.78, 5) is 13.7. The quantitative estimate of drug-likeness (QED) is 0.687. The number of halogens is 2. The van der Waals surface area contributed by atoms with Gasteiger partial charge >= 0.3 is 0 Å². The first-order valence-electron chi connectivity index (χ1n) is 8.32. The Hall–Kier alpha value is -1.88. The van der Waals surface area contributed by atoms with E-state index in [2.05, 4.69) is 25.8 Å². The van der Waals surface area contributed by atoms with Gasteiger partial charge in [-0.1, -0.05) is 35.3 Å². The van der Waals surface area contributed by atoms with Crippen molar-refractivity contribution in [3.63, 3.8) is 0 Å². The first-order valence-corrected chi connectivity index (χ1v) is 9.07. The van der Waals surface area contributed by atoms with E-state index >= 15 is 0 Å². The molecular formula is C19H18Cl2N4. The van der Waals surface area contributed by atoms with Gasteiger partial charge in [-0.05, 0) is 24.3 Å². The van der Waals surface area contributed by atoms with Crippen LogP contribution in [0.2, 0.25) is 10.0 Å². The molecule has 4 nitrogen and oxygen atoms in total. The summed E-state index contributed by atoms with van der Waals surface area (Å²) < 4.78 is 0. The van der Waals surface area contributed by atoms with Gasteiger partial charge in [-0.2, -0.15) is 0 Å². The average Bonchev–Trinajstić information content (AvgIpc) is 2.65. The number of piperazine rings is 1. The van der Waals surface area contributed by atoms with Gasteiger partial charge in [0.2, 0.25) is 0 Å². The Morgan fingerprint density at radius 3 is 2.52 bits per heavy atom. The molecule has 2 aromatic heterocycles. The summed E-state index contributed by atoms with van der Waals surface area (Å²) in [5.74, 6) is 0.980.